The van der Waals surface area contributed by atoms with E-state index in [2.05, 4.69) is 10.3 Å². The van der Waals surface area contributed by atoms with Crippen molar-refractivity contribution in [3.8, 4) is 0 Å². The molecule has 0 spiro atoms. The summed E-state index contributed by atoms with van der Waals surface area (Å²) in [6, 6.07) is 3.10. The van der Waals surface area contributed by atoms with E-state index in [1.54, 1.807) is 16.0 Å². The third-order valence-corrected chi connectivity index (χ3v) is 7.95. The fourth-order valence-electron chi connectivity index (χ4n) is 5.31. The Balaban J connectivity index is 1.63. The number of ketones is 1. The SMILES string of the molecule is CC(=O)c1csc(Cn2c(=O)c3cc(F)c(NC4CCCCC4)cc3n(C3CCCC3)c2=O)n1. The number of aromatic nitrogens is 3. The fraction of sp³-hybridized carbons (Fsp3) is 0.520. The summed E-state index contributed by atoms with van der Waals surface area (Å²) >= 11 is 1.23. The largest absolute Gasteiger partial charge is 0.380 e. The number of hydrogen-bond donors (Lipinski definition) is 1. The lowest BCUT2D eigenvalue weighted by Gasteiger charge is -2.25. The molecule has 0 unspecified atom stereocenters. The number of carbonyl (C=O) groups excluding carboxylic acids is 1. The van der Waals surface area contributed by atoms with Crippen LogP contribution in [-0.2, 0) is 6.54 Å². The average Bonchev–Trinajstić information content (AvgIpc) is 3.51. The Hall–Kier alpha value is -2.81. The summed E-state index contributed by atoms with van der Waals surface area (Å²) in [7, 11) is 0. The maximum absolute atomic E-state index is 15.2. The van der Waals surface area contributed by atoms with Gasteiger partial charge in [-0.1, -0.05) is 32.1 Å². The Bertz CT molecular complexity index is 1350. The van der Waals surface area contributed by atoms with Crippen molar-refractivity contribution < 1.29 is 9.18 Å². The molecule has 3 aromatic rings. The number of rotatable bonds is 6. The molecule has 1 N–H and O–H groups in total. The molecule has 0 amide bonds. The van der Waals surface area contributed by atoms with Crippen LogP contribution in [0, 0.1) is 5.82 Å². The smallest absolute Gasteiger partial charge is 0.332 e. The van der Waals surface area contributed by atoms with Crippen molar-refractivity contribution in [2.45, 2.75) is 83.3 Å². The molecule has 2 aliphatic carbocycles. The van der Waals surface area contributed by atoms with Crippen molar-refractivity contribution in [1.29, 1.82) is 0 Å². The first kappa shape index (κ1) is 23.0. The zero-order valence-corrected chi connectivity index (χ0v) is 20.1. The van der Waals surface area contributed by atoms with Gasteiger partial charge in [-0.15, -0.1) is 11.3 Å². The van der Waals surface area contributed by atoms with Crippen molar-refractivity contribution in [2.24, 2.45) is 0 Å². The second-order valence-electron chi connectivity index (χ2n) is 9.49. The Labute approximate surface area is 200 Å². The molecule has 0 aliphatic heterocycles. The van der Waals surface area contributed by atoms with Crippen LogP contribution in [0.15, 0.2) is 27.1 Å². The highest BCUT2D eigenvalue weighted by Gasteiger charge is 2.25. The van der Waals surface area contributed by atoms with Gasteiger partial charge in [-0.05, 0) is 37.8 Å². The van der Waals surface area contributed by atoms with Crippen LogP contribution < -0.4 is 16.6 Å². The second kappa shape index (κ2) is 9.44. The summed E-state index contributed by atoms with van der Waals surface area (Å²) in [5.41, 5.74) is 0.223. The molecule has 34 heavy (non-hydrogen) atoms. The Morgan fingerprint density at radius 3 is 2.50 bits per heavy atom. The van der Waals surface area contributed by atoms with E-state index in [4.69, 9.17) is 0 Å². The molecule has 2 saturated carbocycles. The molecule has 5 rings (SSSR count). The Kier molecular flexibility index (Phi) is 6.38. The van der Waals surface area contributed by atoms with E-state index in [0.29, 0.717) is 21.9 Å². The lowest BCUT2D eigenvalue weighted by atomic mass is 9.95. The fourth-order valence-corrected chi connectivity index (χ4v) is 6.13. The number of Topliss-reactive ketones (excluding diaryl/α,β-unsaturated/α-hetero) is 1. The summed E-state index contributed by atoms with van der Waals surface area (Å²) in [6.45, 7) is 1.39. The van der Waals surface area contributed by atoms with E-state index >= 15 is 4.39 Å². The monoisotopic (exact) mass is 484 g/mol. The molecule has 2 aliphatic rings. The van der Waals surface area contributed by atoms with Gasteiger partial charge < -0.3 is 5.32 Å². The van der Waals surface area contributed by atoms with E-state index in [-0.39, 0.29) is 29.8 Å². The number of benzene rings is 1. The maximum atomic E-state index is 15.2. The van der Waals surface area contributed by atoms with Gasteiger partial charge in [-0.2, -0.15) is 0 Å². The highest BCUT2D eigenvalue weighted by atomic mass is 32.1. The Morgan fingerprint density at radius 2 is 1.82 bits per heavy atom. The first-order valence-corrected chi connectivity index (χ1v) is 13.0. The lowest BCUT2D eigenvalue weighted by Crippen LogP contribution is -2.41. The second-order valence-corrected chi connectivity index (χ2v) is 10.4. The minimum absolute atomic E-state index is 0.0288. The minimum Gasteiger partial charge on any atom is -0.380 e. The molecule has 2 fully saturated rings. The van der Waals surface area contributed by atoms with Gasteiger partial charge in [0, 0.05) is 24.4 Å². The first-order valence-electron chi connectivity index (χ1n) is 12.1. The lowest BCUT2D eigenvalue weighted by molar-refractivity contribution is 0.101. The molecular formula is C25H29FN4O3S. The number of anilines is 1. The van der Waals surface area contributed by atoms with E-state index in [1.165, 1.54) is 30.7 Å². The van der Waals surface area contributed by atoms with Crippen LogP contribution in [0.4, 0.5) is 10.1 Å². The number of nitrogens with zero attached hydrogens (tertiary/aromatic N) is 3. The van der Waals surface area contributed by atoms with Crippen molar-refractivity contribution in [1.82, 2.24) is 14.1 Å². The zero-order chi connectivity index (χ0) is 23.8. The van der Waals surface area contributed by atoms with Gasteiger partial charge in [0.15, 0.2) is 5.78 Å². The Morgan fingerprint density at radius 1 is 1.12 bits per heavy atom. The zero-order valence-electron chi connectivity index (χ0n) is 19.3. The van der Waals surface area contributed by atoms with Crippen LogP contribution >= 0.6 is 11.3 Å². The summed E-state index contributed by atoms with van der Waals surface area (Å²) < 4.78 is 18.0. The molecular weight excluding hydrogens is 455 g/mol. The predicted molar refractivity (Wildman–Crippen MR) is 132 cm³/mol. The van der Waals surface area contributed by atoms with Crippen molar-refractivity contribution in [3.05, 3.63) is 54.9 Å². The van der Waals surface area contributed by atoms with E-state index in [0.717, 1.165) is 55.9 Å². The molecule has 180 valence electrons. The van der Waals surface area contributed by atoms with Gasteiger partial charge in [-0.25, -0.2) is 14.2 Å². The average molecular weight is 485 g/mol. The predicted octanol–water partition coefficient (Wildman–Crippen LogP) is 4.87. The number of carbonyl (C=O) groups is 1. The van der Waals surface area contributed by atoms with E-state index < -0.39 is 17.1 Å². The van der Waals surface area contributed by atoms with Crippen molar-refractivity contribution in [2.75, 3.05) is 5.32 Å². The molecule has 2 aromatic heterocycles. The van der Waals surface area contributed by atoms with Gasteiger partial charge in [-0.3, -0.25) is 18.7 Å². The summed E-state index contributed by atoms with van der Waals surface area (Å²) in [6.07, 6.45) is 9.14. The van der Waals surface area contributed by atoms with E-state index in [1.807, 2.05) is 0 Å². The molecule has 1 aromatic carbocycles. The van der Waals surface area contributed by atoms with Crippen LogP contribution in [0.3, 0.4) is 0 Å². The van der Waals surface area contributed by atoms with Crippen LogP contribution in [0.1, 0.15) is 86.2 Å². The first-order chi connectivity index (χ1) is 16.4. The number of nitrogens with one attached hydrogen (secondary N) is 1. The number of thiazole rings is 1. The number of fused-ring (bicyclic) bond motifs is 1. The quantitative estimate of drug-likeness (QED) is 0.505. The molecule has 0 saturated heterocycles. The maximum Gasteiger partial charge on any atom is 0.332 e. The van der Waals surface area contributed by atoms with Crippen LogP contribution in [-0.4, -0.2) is 25.9 Å². The number of hydrogen-bond acceptors (Lipinski definition) is 6. The number of halogens is 1. The molecule has 7 nitrogen and oxygen atoms in total. The van der Waals surface area contributed by atoms with Crippen molar-refractivity contribution >= 4 is 33.7 Å². The van der Waals surface area contributed by atoms with Crippen molar-refractivity contribution in [3.63, 3.8) is 0 Å². The highest BCUT2D eigenvalue weighted by molar-refractivity contribution is 7.09. The van der Waals surface area contributed by atoms with Crippen LogP contribution in [0.5, 0.6) is 0 Å². The molecule has 9 heteroatoms. The molecule has 0 bridgehead atoms. The van der Waals surface area contributed by atoms with Gasteiger partial charge in [0.25, 0.3) is 5.56 Å². The molecule has 0 radical (unpaired) electrons. The van der Waals surface area contributed by atoms with Crippen LogP contribution in [0.2, 0.25) is 0 Å². The summed E-state index contributed by atoms with van der Waals surface area (Å²) in [5.74, 6) is -0.650. The van der Waals surface area contributed by atoms with Gasteiger partial charge in [0.05, 0.1) is 23.1 Å². The third kappa shape index (κ3) is 4.33. The minimum atomic E-state index is -0.531. The summed E-state index contributed by atoms with van der Waals surface area (Å²) in [4.78, 5) is 42.9. The standard InChI is InChI=1S/C25H29FN4O3S/c1-15(31)21-14-34-23(28-21)13-29-24(32)18-11-19(26)20(27-16-7-3-2-4-8-16)12-22(18)30(25(29)33)17-9-5-6-10-17/h11-12,14,16-17,27H,2-10,13H2,1H3. The molecule has 2 heterocycles. The normalized spacial score (nSPS) is 17.5. The van der Waals surface area contributed by atoms with Gasteiger partial charge in [0.1, 0.15) is 16.5 Å². The van der Waals surface area contributed by atoms with Gasteiger partial charge in [0.2, 0.25) is 0 Å². The highest BCUT2D eigenvalue weighted by Crippen LogP contribution is 2.32. The van der Waals surface area contributed by atoms with Gasteiger partial charge >= 0.3 is 5.69 Å². The summed E-state index contributed by atoms with van der Waals surface area (Å²) in [5, 5.41) is 5.65. The van der Waals surface area contributed by atoms with Crippen LogP contribution in [0.25, 0.3) is 10.9 Å². The molecule has 0 atom stereocenters. The third-order valence-electron chi connectivity index (χ3n) is 7.12. The van der Waals surface area contributed by atoms with E-state index in [9.17, 15) is 14.4 Å². The topological polar surface area (TPSA) is 86.0 Å².